The highest BCUT2D eigenvalue weighted by atomic mass is 35.5. The molecule has 4 aromatic rings. The zero-order chi connectivity index (χ0) is 19.3. The van der Waals surface area contributed by atoms with Crippen molar-refractivity contribution in [3.8, 4) is 0 Å². The second-order valence-electron chi connectivity index (χ2n) is 6.61. The van der Waals surface area contributed by atoms with E-state index >= 15 is 0 Å². The molecule has 1 saturated heterocycles. The second kappa shape index (κ2) is 6.92. The number of pyridine rings is 1. The number of aromatic amines is 1. The lowest BCUT2D eigenvalue weighted by Gasteiger charge is -2.34. The van der Waals surface area contributed by atoms with Gasteiger partial charge in [-0.05, 0) is 30.3 Å². The number of hydrogen-bond acceptors (Lipinski definition) is 5. The first-order valence-electron chi connectivity index (χ1n) is 8.82. The molecule has 1 N–H and O–H groups in total. The lowest BCUT2D eigenvalue weighted by molar-refractivity contribution is 0.0742. The van der Waals surface area contributed by atoms with E-state index in [-0.39, 0.29) is 5.91 Å². The summed E-state index contributed by atoms with van der Waals surface area (Å²) >= 11 is 14.1. The Kier molecular flexibility index (Phi) is 4.38. The molecule has 0 aliphatic carbocycles. The molecule has 0 saturated carbocycles. The zero-order valence-corrected chi connectivity index (χ0v) is 17.0. The van der Waals surface area contributed by atoms with Crippen molar-refractivity contribution >= 4 is 66.8 Å². The first-order valence-corrected chi connectivity index (χ1v) is 10.4. The fraction of sp³-hybridized carbons (Fsp3) is 0.211. The van der Waals surface area contributed by atoms with Crippen LogP contribution in [0.2, 0.25) is 10.0 Å². The summed E-state index contributed by atoms with van der Waals surface area (Å²) in [4.78, 5) is 30.1. The first kappa shape index (κ1) is 17.7. The lowest BCUT2D eigenvalue weighted by atomic mass is 10.2. The molecule has 9 heteroatoms. The number of anilines is 1. The van der Waals surface area contributed by atoms with Crippen LogP contribution in [-0.4, -0.2) is 51.9 Å². The molecule has 1 aromatic carbocycles. The molecule has 1 fully saturated rings. The minimum atomic E-state index is -0.0945. The third-order valence-electron chi connectivity index (χ3n) is 4.90. The summed E-state index contributed by atoms with van der Waals surface area (Å²) in [6.45, 7) is 2.65. The van der Waals surface area contributed by atoms with Gasteiger partial charge in [-0.1, -0.05) is 34.5 Å². The number of nitrogens with one attached hydrogen (secondary N) is 1. The molecule has 0 unspecified atom stereocenters. The van der Waals surface area contributed by atoms with E-state index in [9.17, 15) is 4.79 Å². The van der Waals surface area contributed by atoms with Gasteiger partial charge in [0.2, 0.25) is 0 Å². The smallest absolute Gasteiger partial charge is 0.271 e. The number of piperazine rings is 1. The number of hydrogen-bond donors (Lipinski definition) is 1. The van der Waals surface area contributed by atoms with Gasteiger partial charge in [-0.3, -0.25) is 4.79 Å². The zero-order valence-electron chi connectivity index (χ0n) is 14.7. The molecule has 1 aliphatic rings. The predicted octanol–water partition coefficient (Wildman–Crippen LogP) is 4.44. The Morgan fingerprint density at radius 1 is 1.14 bits per heavy atom. The average Bonchev–Trinajstić information content (AvgIpc) is 3.29. The summed E-state index contributed by atoms with van der Waals surface area (Å²) in [5, 5.41) is 2.71. The van der Waals surface area contributed by atoms with E-state index in [2.05, 4.69) is 19.9 Å². The minimum Gasteiger partial charge on any atom is -0.349 e. The van der Waals surface area contributed by atoms with Gasteiger partial charge in [-0.15, -0.1) is 0 Å². The molecule has 4 heterocycles. The van der Waals surface area contributed by atoms with Crippen LogP contribution in [-0.2, 0) is 0 Å². The lowest BCUT2D eigenvalue weighted by Crippen LogP contribution is -2.48. The van der Waals surface area contributed by atoms with Crippen molar-refractivity contribution in [2.45, 2.75) is 0 Å². The SMILES string of the molecule is O=C(c1[nH]c2ccc(Cl)cc2c1Cl)N1CCN(c2nc3cccnc3s2)CC1. The summed E-state index contributed by atoms with van der Waals surface area (Å²) in [6.07, 6.45) is 1.78. The second-order valence-corrected chi connectivity index (χ2v) is 8.38. The van der Waals surface area contributed by atoms with Crippen molar-refractivity contribution in [1.82, 2.24) is 19.9 Å². The first-order chi connectivity index (χ1) is 13.6. The predicted molar refractivity (Wildman–Crippen MR) is 114 cm³/mol. The number of carbonyl (C=O) groups is 1. The van der Waals surface area contributed by atoms with Gasteiger partial charge in [0.25, 0.3) is 5.91 Å². The van der Waals surface area contributed by atoms with Gasteiger partial charge in [-0.25, -0.2) is 9.97 Å². The van der Waals surface area contributed by atoms with Crippen LogP contribution in [0.5, 0.6) is 0 Å². The van der Waals surface area contributed by atoms with Crippen LogP contribution in [0.3, 0.4) is 0 Å². The number of thiazole rings is 1. The van der Waals surface area contributed by atoms with Gasteiger partial charge in [0.15, 0.2) is 5.13 Å². The maximum atomic E-state index is 13.0. The molecule has 28 heavy (non-hydrogen) atoms. The van der Waals surface area contributed by atoms with Crippen LogP contribution >= 0.6 is 34.5 Å². The molecular formula is C19H15Cl2N5OS. The number of amides is 1. The van der Waals surface area contributed by atoms with E-state index in [0.29, 0.717) is 28.8 Å². The topological polar surface area (TPSA) is 65.1 Å². The van der Waals surface area contributed by atoms with E-state index in [1.807, 2.05) is 23.1 Å². The third kappa shape index (κ3) is 2.99. The van der Waals surface area contributed by atoms with E-state index in [4.69, 9.17) is 23.2 Å². The van der Waals surface area contributed by atoms with E-state index in [0.717, 1.165) is 39.5 Å². The Labute approximate surface area is 174 Å². The summed E-state index contributed by atoms with van der Waals surface area (Å²) in [5.74, 6) is -0.0945. The summed E-state index contributed by atoms with van der Waals surface area (Å²) in [5.41, 5.74) is 2.12. The molecule has 0 atom stereocenters. The van der Waals surface area contributed by atoms with Crippen LogP contribution in [0.15, 0.2) is 36.5 Å². The van der Waals surface area contributed by atoms with E-state index < -0.39 is 0 Å². The highest BCUT2D eigenvalue weighted by molar-refractivity contribution is 7.21. The summed E-state index contributed by atoms with van der Waals surface area (Å²) in [7, 11) is 0. The number of aromatic nitrogens is 3. The fourth-order valence-electron chi connectivity index (χ4n) is 3.43. The number of nitrogens with zero attached hydrogens (tertiary/aromatic N) is 4. The van der Waals surface area contributed by atoms with Crippen LogP contribution < -0.4 is 4.90 Å². The molecule has 1 amide bonds. The average molecular weight is 432 g/mol. The van der Waals surface area contributed by atoms with Gasteiger partial charge >= 0.3 is 0 Å². The molecule has 5 rings (SSSR count). The standard InChI is InChI=1S/C19H15Cl2N5OS/c20-11-3-4-13-12(10-11)15(21)16(23-13)18(27)25-6-8-26(9-7-25)19-24-14-2-1-5-22-17(14)28-19/h1-5,10,23H,6-9H2. The molecule has 3 aromatic heterocycles. The van der Waals surface area contributed by atoms with E-state index in [1.54, 1.807) is 29.7 Å². The van der Waals surface area contributed by atoms with Crippen molar-refractivity contribution in [2.24, 2.45) is 0 Å². The van der Waals surface area contributed by atoms with Gasteiger partial charge < -0.3 is 14.8 Å². The minimum absolute atomic E-state index is 0.0945. The van der Waals surface area contributed by atoms with Crippen molar-refractivity contribution in [3.63, 3.8) is 0 Å². The van der Waals surface area contributed by atoms with Crippen LogP contribution in [0.25, 0.3) is 21.3 Å². The number of H-pyrrole nitrogens is 1. The van der Waals surface area contributed by atoms with Crippen LogP contribution in [0.1, 0.15) is 10.5 Å². The molecule has 0 spiro atoms. The van der Waals surface area contributed by atoms with Gasteiger partial charge in [0.1, 0.15) is 16.0 Å². The monoisotopic (exact) mass is 431 g/mol. The Morgan fingerprint density at radius 3 is 2.75 bits per heavy atom. The third-order valence-corrected chi connectivity index (χ3v) is 6.57. The normalized spacial score (nSPS) is 14.9. The number of carbonyl (C=O) groups excluding carboxylic acids is 1. The molecule has 0 bridgehead atoms. The molecule has 1 aliphatic heterocycles. The Balaban J connectivity index is 1.34. The molecule has 6 nitrogen and oxygen atoms in total. The number of rotatable bonds is 2. The molecule has 142 valence electrons. The maximum Gasteiger partial charge on any atom is 0.271 e. The van der Waals surface area contributed by atoms with Crippen molar-refractivity contribution in [1.29, 1.82) is 0 Å². The highest BCUT2D eigenvalue weighted by Gasteiger charge is 2.27. The summed E-state index contributed by atoms with van der Waals surface area (Å²) < 4.78 is 0. The van der Waals surface area contributed by atoms with E-state index in [1.165, 1.54) is 0 Å². The van der Waals surface area contributed by atoms with Crippen LogP contribution in [0, 0.1) is 0 Å². The Bertz CT molecular complexity index is 1160. The van der Waals surface area contributed by atoms with Crippen molar-refractivity contribution < 1.29 is 4.79 Å². The molecular weight excluding hydrogens is 417 g/mol. The van der Waals surface area contributed by atoms with Gasteiger partial charge in [0, 0.05) is 48.3 Å². The summed E-state index contributed by atoms with van der Waals surface area (Å²) in [6, 6.07) is 9.23. The quantitative estimate of drug-likeness (QED) is 0.509. The number of fused-ring (bicyclic) bond motifs is 2. The Morgan fingerprint density at radius 2 is 1.96 bits per heavy atom. The van der Waals surface area contributed by atoms with Crippen LogP contribution in [0.4, 0.5) is 5.13 Å². The van der Waals surface area contributed by atoms with Crippen molar-refractivity contribution in [2.75, 3.05) is 31.1 Å². The highest BCUT2D eigenvalue weighted by Crippen LogP contribution is 2.31. The number of halogens is 2. The van der Waals surface area contributed by atoms with Gasteiger partial charge in [-0.2, -0.15) is 0 Å². The number of benzene rings is 1. The Hall–Kier alpha value is -2.35. The largest absolute Gasteiger partial charge is 0.349 e. The maximum absolute atomic E-state index is 13.0. The molecule has 0 radical (unpaired) electrons. The van der Waals surface area contributed by atoms with Crippen molar-refractivity contribution in [3.05, 3.63) is 52.3 Å². The van der Waals surface area contributed by atoms with Gasteiger partial charge in [0.05, 0.1) is 5.02 Å². The fourth-order valence-corrected chi connectivity index (χ4v) is 4.85.